The van der Waals surface area contributed by atoms with Crippen molar-refractivity contribution in [3.05, 3.63) is 53.8 Å². The van der Waals surface area contributed by atoms with Crippen LogP contribution in [-0.4, -0.2) is 6.29 Å². The Balaban J connectivity index is 3.15. The SMILES string of the molecule is C=C(N)c1cc(N/C(C=O)=C\C)ccc1/C=C\C. The number of aldehydes is 1. The summed E-state index contributed by atoms with van der Waals surface area (Å²) >= 11 is 0. The van der Waals surface area contributed by atoms with E-state index in [4.69, 9.17) is 5.73 Å². The molecule has 3 heteroatoms. The molecule has 0 spiro atoms. The van der Waals surface area contributed by atoms with Gasteiger partial charge < -0.3 is 11.1 Å². The predicted octanol–water partition coefficient (Wildman–Crippen LogP) is 3.16. The van der Waals surface area contributed by atoms with Gasteiger partial charge in [-0.3, -0.25) is 4.79 Å². The minimum atomic E-state index is 0.500. The summed E-state index contributed by atoms with van der Waals surface area (Å²) in [4.78, 5) is 10.7. The maximum atomic E-state index is 10.7. The molecule has 3 N–H and O–H groups in total. The second-order valence-electron chi connectivity index (χ2n) is 3.81. The summed E-state index contributed by atoms with van der Waals surface area (Å²) in [6.45, 7) is 7.50. The van der Waals surface area contributed by atoms with E-state index in [1.54, 1.807) is 13.0 Å². The van der Waals surface area contributed by atoms with E-state index in [0.29, 0.717) is 11.4 Å². The van der Waals surface area contributed by atoms with Gasteiger partial charge in [-0.1, -0.05) is 30.9 Å². The highest BCUT2D eigenvalue weighted by molar-refractivity contribution is 5.80. The Morgan fingerprint density at radius 2 is 2.11 bits per heavy atom. The van der Waals surface area contributed by atoms with Crippen LogP contribution in [0, 0.1) is 0 Å². The summed E-state index contributed by atoms with van der Waals surface area (Å²) < 4.78 is 0. The van der Waals surface area contributed by atoms with Gasteiger partial charge in [0.1, 0.15) is 0 Å². The quantitative estimate of drug-likeness (QED) is 0.616. The lowest BCUT2D eigenvalue weighted by molar-refractivity contribution is -0.104. The van der Waals surface area contributed by atoms with Gasteiger partial charge in [-0.15, -0.1) is 0 Å². The van der Waals surface area contributed by atoms with Gasteiger partial charge in [-0.25, -0.2) is 0 Å². The maximum absolute atomic E-state index is 10.7. The Morgan fingerprint density at radius 1 is 1.39 bits per heavy atom. The average Bonchev–Trinajstić information content (AvgIpc) is 2.37. The number of hydrogen-bond donors (Lipinski definition) is 2. The fourth-order valence-electron chi connectivity index (χ4n) is 1.57. The Morgan fingerprint density at radius 3 is 2.61 bits per heavy atom. The summed E-state index contributed by atoms with van der Waals surface area (Å²) in [5, 5.41) is 3.02. The lowest BCUT2D eigenvalue weighted by Gasteiger charge is -2.10. The molecule has 1 aromatic rings. The van der Waals surface area contributed by atoms with Crippen LogP contribution in [0.5, 0.6) is 0 Å². The van der Waals surface area contributed by atoms with Gasteiger partial charge in [0.2, 0.25) is 0 Å². The number of rotatable bonds is 5. The minimum Gasteiger partial charge on any atom is -0.399 e. The van der Waals surface area contributed by atoms with Crippen molar-refractivity contribution in [3.8, 4) is 0 Å². The molecule has 0 atom stereocenters. The molecule has 0 bridgehead atoms. The van der Waals surface area contributed by atoms with E-state index in [9.17, 15) is 4.79 Å². The molecule has 0 aliphatic heterocycles. The van der Waals surface area contributed by atoms with Crippen LogP contribution in [0.1, 0.15) is 25.0 Å². The molecular formula is C15H18N2O. The number of allylic oxidation sites excluding steroid dienone is 3. The smallest absolute Gasteiger partial charge is 0.165 e. The van der Waals surface area contributed by atoms with Crippen LogP contribution >= 0.6 is 0 Å². The molecule has 1 rings (SSSR count). The first-order valence-corrected chi connectivity index (χ1v) is 5.72. The summed E-state index contributed by atoms with van der Waals surface area (Å²) in [5.41, 5.74) is 9.46. The third-order valence-corrected chi connectivity index (χ3v) is 2.47. The molecule has 0 aromatic heterocycles. The molecular weight excluding hydrogens is 224 g/mol. The number of nitrogens with two attached hydrogens (primary N) is 1. The summed E-state index contributed by atoms with van der Waals surface area (Å²) in [6.07, 6.45) is 6.39. The number of anilines is 1. The third-order valence-electron chi connectivity index (χ3n) is 2.47. The molecule has 0 saturated carbocycles. The highest BCUT2D eigenvalue weighted by Crippen LogP contribution is 2.21. The van der Waals surface area contributed by atoms with E-state index in [1.165, 1.54) is 0 Å². The van der Waals surface area contributed by atoms with E-state index < -0.39 is 0 Å². The van der Waals surface area contributed by atoms with Crippen LogP contribution in [0.15, 0.2) is 42.6 Å². The molecule has 1 aromatic carbocycles. The average molecular weight is 242 g/mol. The molecule has 18 heavy (non-hydrogen) atoms. The molecule has 0 amide bonds. The van der Waals surface area contributed by atoms with Crippen molar-refractivity contribution in [3.63, 3.8) is 0 Å². The van der Waals surface area contributed by atoms with Gasteiger partial charge in [0.25, 0.3) is 0 Å². The van der Waals surface area contributed by atoms with Crippen molar-refractivity contribution in [1.82, 2.24) is 0 Å². The topological polar surface area (TPSA) is 55.1 Å². The normalized spacial score (nSPS) is 11.6. The van der Waals surface area contributed by atoms with Crippen molar-refractivity contribution in [2.45, 2.75) is 13.8 Å². The first-order chi connectivity index (χ1) is 8.62. The number of benzene rings is 1. The highest BCUT2D eigenvalue weighted by atomic mass is 16.1. The zero-order valence-corrected chi connectivity index (χ0v) is 10.7. The molecule has 94 valence electrons. The van der Waals surface area contributed by atoms with Crippen molar-refractivity contribution in [1.29, 1.82) is 0 Å². The first-order valence-electron chi connectivity index (χ1n) is 5.72. The van der Waals surface area contributed by atoms with Crippen molar-refractivity contribution in [2.75, 3.05) is 5.32 Å². The van der Waals surface area contributed by atoms with Gasteiger partial charge in [0.15, 0.2) is 6.29 Å². The number of hydrogen-bond acceptors (Lipinski definition) is 3. The van der Waals surface area contributed by atoms with Crippen molar-refractivity contribution >= 4 is 23.7 Å². The van der Waals surface area contributed by atoms with Gasteiger partial charge in [0.05, 0.1) is 5.70 Å². The Bertz CT molecular complexity index is 513. The van der Waals surface area contributed by atoms with Crippen LogP contribution in [0.25, 0.3) is 11.8 Å². The van der Waals surface area contributed by atoms with Crippen LogP contribution < -0.4 is 11.1 Å². The maximum Gasteiger partial charge on any atom is 0.165 e. The summed E-state index contributed by atoms with van der Waals surface area (Å²) in [5.74, 6) is 0. The molecule has 0 fully saturated rings. The minimum absolute atomic E-state index is 0.500. The third kappa shape index (κ3) is 3.35. The molecule has 0 aliphatic carbocycles. The molecule has 0 radical (unpaired) electrons. The second-order valence-corrected chi connectivity index (χ2v) is 3.81. The van der Waals surface area contributed by atoms with E-state index in [1.807, 2.05) is 37.3 Å². The molecule has 0 saturated heterocycles. The number of carbonyl (C=O) groups excluding carboxylic acids is 1. The highest BCUT2D eigenvalue weighted by Gasteiger charge is 2.04. The number of nitrogens with one attached hydrogen (secondary N) is 1. The van der Waals surface area contributed by atoms with Crippen LogP contribution in [0.4, 0.5) is 5.69 Å². The predicted molar refractivity (Wildman–Crippen MR) is 77.8 cm³/mol. The van der Waals surface area contributed by atoms with E-state index in [-0.39, 0.29) is 0 Å². The largest absolute Gasteiger partial charge is 0.399 e. The van der Waals surface area contributed by atoms with Crippen molar-refractivity contribution < 1.29 is 4.79 Å². The van der Waals surface area contributed by atoms with Crippen LogP contribution in [0.2, 0.25) is 0 Å². The summed E-state index contributed by atoms with van der Waals surface area (Å²) in [7, 11) is 0. The second kappa shape index (κ2) is 6.45. The van der Waals surface area contributed by atoms with Gasteiger partial charge in [-0.05, 0) is 31.5 Å². The summed E-state index contributed by atoms with van der Waals surface area (Å²) in [6, 6.07) is 5.72. The van der Waals surface area contributed by atoms with E-state index >= 15 is 0 Å². The zero-order chi connectivity index (χ0) is 13.5. The Hall–Kier alpha value is -2.29. The fraction of sp³-hybridized carbons (Fsp3) is 0.133. The van der Waals surface area contributed by atoms with Crippen LogP contribution in [0.3, 0.4) is 0 Å². The standard InChI is InChI=1S/C15H18N2O/c1-4-6-12-7-8-14(9-15(12)11(3)16)17-13(5-2)10-18/h4-10,17H,3,16H2,1-2H3/b6-4-,13-5-. The zero-order valence-electron chi connectivity index (χ0n) is 10.7. The van der Waals surface area contributed by atoms with Crippen LogP contribution in [-0.2, 0) is 4.79 Å². The van der Waals surface area contributed by atoms with E-state index in [2.05, 4.69) is 11.9 Å². The van der Waals surface area contributed by atoms with Crippen molar-refractivity contribution in [2.24, 2.45) is 5.73 Å². The lowest BCUT2D eigenvalue weighted by Crippen LogP contribution is -2.03. The van der Waals surface area contributed by atoms with Gasteiger partial charge in [-0.2, -0.15) is 0 Å². The van der Waals surface area contributed by atoms with Gasteiger partial charge in [0, 0.05) is 16.9 Å². The number of carbonyl (C=O) groups is 1. The van der Waals surface area contributed by atoms with E-state index in [0.717, 1.165) is 23.1 Å². The fourth-order valence-corrected chi connectivity index (χ4v) is 1.57. The molecule has 0 unspecified atom stereocenters. The van der Waals surface area contributed by atoms with Gasteiger partial charge >= 0.3 is 0 Å². The monoisotopic (exact) mass is 242 g/mol. The lowest BCUT2D eigenvalue weighted by atomic mass is 10.0. The molecule has 3 nitrogen and oxygen atoms in total. The first kappa shape index (κ1) is 13.8. The Labute approximate surface area is 108 Å². The Kier molecular flexibility index (Phi) is 4.93. The molecule has 0 heterocycles. The molecule has 0 aliphatic rings.